The van der Waals surface area contributed by atoms with Gasteiger partial charge in [0.15, 0.2) is 0 Å². The lowest BCUT2D eigenvalue weighted by Crippen LogP contribution is -2.38. The monoisotopic (exact) mass is 436 g/mol. The summed E-state index contributed by atoms with van der Waals surface area (Å²) in [4.78, 5) is 11.6. The van der Waals surface area contributed by atoms with Gasteiger partial charge in [-0.3, -0.25) is 9.36 Å². The zero-order valence-corrected chi connectivity index (χ0v) is 16.9. The molecule has 0 radical (unpaired) electrons. The van der Waals surface area contributed by atoms with E-state index in [4.69, 9.17) is 14.7 Å². The van der Waals surface area contributed by atoms with Crippen molar-refractivity contribution in [3.8, 4) is 23.5 Å². The maximum absolute atomic E-state index is 13.4. The molecular weight excluding hydrogens is 417 g/mol. The molecule has 1 fully saturated rings. The molecule has 0 spiro atoms. The Kier molecular flexibility index (Phi) is 4.35. The number of carbonyl (C=O) groups excluding carboxylic acids is 1. The van der Waals surface area contributed by atoms with Crippen molar-refractivity contribution >= 4 is 5.97 Å². The van der Waals surface area contributed by atoms with Gasteiger partial charge in [-0.15, -0.1) is 0 Å². The summed E-state index contributed by atoms with van der Waals surface area (Å²) in [5.74, 6) is -1.51. The highest BCUT2D eigenvalue weighted by molar-refractivity contribution is 5.68. The Morgan fingerprint density at radius 3 is 2.55 bits per heavy atom. The molecule has 164 valence electrons. The second-order valence-corrected chi connectivity index (χ2v) is 7.95. The maximum Gasteiger partial charge on any atom is 0.417 e. The molecule has 0 saturated carbocycles. The molecule has 2 aromatic rings. The molecule has 31 heavy (non-hydrogen) atoms. The lowest BCUT2D eigenvalue weighted by Gasteiger charge is -2.31. The number of aromatic hydroxyl groups is 2. The third-order valence-electron chi connectivity index (χ3n) is 6.10. The quantitative estimate of drug-likeness (QED) is 0.706. The topological polar surface area (TPSA) is 105 Å². The van der Waals surface area contributed by atoms with E-state index in [1.165, 1.54) is 19.1 Å². The smallest absolute Gasteiger partial charge is 0.417 e. The first kappa shape index (κ1) is 21.1. The van der Waals surface area contributed by atoms with E-state index in [9.17, 15) is 28.2 Å². The third-order valence-corrected chi connectivity index (χ3v) is 6.10. The van der Waals surface area contributed by atoms with Crippen LogP contribution in [-0.4, -0.2) is 26.9 Å². The van der Waals surface area contributed by atoms with Gasteiger partial charge in [0.2, 0.25) is 11.8 Å². The van der Waals surface area contributed by atoms with Gasteiger partial charge >= 0.3 is 12.1 Å². The number of carbonyl (C=O) groups is 1. The SMILES string of the molecule is CCC12OC(C)(C[C@H]1OC(C)=O)c1c2c(O)n(-c2ccc(C#N)c(C(F)(F)F)c2)c1O. The number of hydrogen-bond donors (Lipinski definition) is 2. The summed E-state index contributed by atoms with van der Waals surface area (Å²) in [7, 11) is 0. The van der Waals surface area contributed by atoms with E-state index < -0.39 is 52.3 Å². The molecular formula is C21H19F3N2O5. The second-order valence-electron chi connectivity index (χ2n) is 7.95. The molecule has 1 aromatic heterocycles. The molecule has 4 rings (SSSR count). The van der Waals surface area contributed by atoms with Gasteiger partial charge in [0.25, 0.3) is 0 Å². The van der Waals surface area contributed by atoms with Crippen LogP contribution in [0.1, 0.15) is 55.9 Å². The Labute approximate surface area is 175 Å². The molecule has 2 aliphatic rings. The zero-order valence-electron chi connectivity index (χ0n) is 16.9. The summed E-state index contributed by atoms with van der Waals surface area (Å²) in [5.41, 5.74) is -3.87. The number of alkyl halides is 3. The molecule has 2 unspecified atom stereocenters. The minimum absolute atomic E-state index is 0.172. The highest BCUT2D eigenvalue weighted by Crippen LogP contribution is 2.66. The van der Waals surface area contributed by atoms with Gasteiger partial charge in [0.05, 0.1) is 34.0 Å². The van der Waals surface area contributed by atoms with E-state index >= 15 is 0 Å². The average Bonchev–Trinajstić information content (AvgIpc) is 3.23. The van der Waals surface area contributed by atoms with Crippen molar-refractivity contribution in [1.29, 1.82) is 5.26 Å². The summed E-state index contributed by atoms with van der Waals surface area (Å²) in [6.07, 6.45) is -5.04. The molecule has 2 bridgehead atoms. The molecule has 10 heteroatoms. The Balaban J connectivity index is 1.95. The van der Waals surface area contributed by atoms with Crippen LogP contribution >= 0.6 is 0 Å². The molecule has 3 heterocycles. The van der Waals surface area contributed by atoms with Crippen molar-refractivity contribution in [2.75, 3.05) is 0 Å². The second kappa shape index (κ2) is 6.40. The Morgan fingerprint density at radius 2 is 2.00 bits per heavy atom. The number of fused-ring (bicyclic) bond motifs is 5. The summed E-state index contributed by atoms with van der Waals surface area (Å²) in [6.45, 7) is 4.67. The van der Waals surface area contributed by atoms with Crippen molar-refractivity contribution in [1.82, 2.24) is 4.57 Å². The van der Waals surface area contributed by atoms with Crippen LogP contribution in [0.4, 0.5) is 13.2 Å². The first-order valence-corrected chi connectivity index (χ1v) is 9.56. The number of ether oxygens (including phenoxy) is 2. The highest BCUT2D eigenvalue weighted by Gasteiger charge is 2.67. The zero-order chi connectivity index (χ0) is 22.9. The number of halogens is 3. The standard InChI is InChI=1S/C21H19F3N2O5/c1-4-20-14(30-10(2)27)8-19(3,31-20)15-16(20)18(29)26(17(15)28)12-6-5-11(9-25)13(7-12)21(22,23)24/h5-7,14,28-29H,4,8H2,1-3H3/t14-,19?,20?/m1/s1. The molecule has 2 N–H and O–H groups in total. The van der Waals surface area contributed by atoms with Crippen molar-refractivity contribution in [2.45, 2.75) is 57.1 Å². The summed E-state index contributed by atoms with van der Waals surface area (Å²) < 4.78 is 52.7. The van der Waals surface area contributed by atoms with E-state index in [0.717, 1.165) is 10.6 Å². The number of rotatable bonds is 3. The Morgan fingerprint density at radius 1 is 1.35 bits per heavy atom. The largest absolute Gasteiger partial charge is 0.494 e. The average molecular weight is 436 g/mol. The first-order chi connectivity index (χ1) is 14.4. The molecule has 3 atom stereocenters. The number of benzene rings is 1. The van der Waals surface area contributed by atoms with Crippen LogP contribution < -0.4 is 0 Å². The minimum Gasteiger partial charge on any atom is -0.494 e. The van der Waals surface area contributed by atoms with E-state index in [1.807, 2.05) is 0 Å². The predicted molar refractivity (Wildman–Crippen MR) is 99.4 cm³/mol. The van der Waals surface area contributed by atoms with Gasteiger partial charge in [0.1, 0.15) is 17.3 Å². The number of nitriles is 1. The fourth-order valence-electron chi connectivity index (χ4n) is 4.90. The van der Waals surface area contributed by atoms with E-state index in [-0.39, 0.29) is 29.7 Å². The van der Waals surface area contributed by atoms with Crippen LogP contribution in [-0.2, 0) is 31.6 Å². The van der Waals surface area contributed by atoms with Crippen molar-refractivity contribution in [3.05, 3.63) is 40.5 Å². The Hall–Kier alpha value is -3.19. The third kappa shape index (κ3) is 2.73. The van der Waals surface area contributed by atoms with Crippen LogP contribution in [0.2, 0.25) is 0 Å². The van der Waals surface area contributed by atoms with Gasteiger partial charge in [0, 0.05) is 13.3 Å². The number of aromatic nitrogens is 1. The summed E-state index contributed by atoms with van der Waals surface area (Å²) in [5, 5.41) is 31.0. The van der Waals surface area contributed by atoms with Crippen LogP contribution in [0.15, 0.2) is 18.2 Å². The molecule has 0 amide bonds. The fraction of sp³-hybridized carbons (Fsp3) is 0.429. The Bertz CT molecular complexity index is 1150. The van der Waals surface area contributed by atoms with E-state index in [0.29, 0.717) is 6.07 Å². The first-order valence-electron chi connectivity index (χ1n) is 9.56. The van der Waals surface area contributed by atoms with E-state index in [1.54, 1.807) is 13.8 Å². The molecule has 0 aliphatic carbocycles. The lowest BCUT2D eigenvalue weighted by molar-refractivity contribution is -0.160. The predicted octanol–water partition coefficient (Wildman–Crippen LogP) is 3.97. The van der Waals surface area contributed by atoms with Crippen LogP contribution in [0.5, 0.6) is 11.8 Å². The molecule has 1 aromatic carbocycles. The molecule has 7 nitrogen and oxygen atoms in total. The van der Waals surface area contributed by atoms with Crippen LogP contribution in [0, 0.1) is 11.3 Å². The van der Waals surface area contributed by atoms with Crippen molar-refractivity contribution in [3.63, 3.8) is 0 Å². The van der Waals surface area contributed by atoms with Gasteiger partial charge in [-0.1, -0.05) is 6.92 Å². The normalized spacial score (nSPS) is 26.5. The van der Waals surface area contributed by atoms with Crippen molar-refractivity contribution in [2.24, 2.45) is 0 Å². The maximum atomic E-state index is 13.4. The van der Waals surface area contributed by atoms with E-state index in [2.05, 4.69) is 0 Å². The van der Waals surface area contributed by atoms with Gasteiger partial charge in [-0.25, -0.2) is 0 Å². The summed E-state index contributed by atoms with van der Waals surface area (Å²) >= 11 is 0. The van der Waals surface area contributed by atoms with Crippen molar-refractivity contribution < 1.29 is 37.7 Å². The summed E-state index contributed by atoms with van der Waals surface area (Å²) in [6, 6.07) is 4.37. The molecule has 1 saturated heterocycles. The number of hydrogen-bond acceptors (Lipinski definition) is 6. The van der Waals surface area contributed by atoms with Gasteiger partial charge in [-0.05, 0) is 31.5 Å². The van der Waals surface area contributed by atoms with Gasteiger partial charge in [-0.2, -0.15) is 18.4 Å². The lowest BCUT2D eigenvalue weighted by atomic mass is 9.76. The highest BCUT2D eigenvalue weighted by atomic mass is 19.4. The van der Waals surface area contributed by atoms with Crippen LogP contribution in [0.3, 0.4) is 0 Å². The fourth-order valence-corrected chi connectivity index (χ4v) is 4.90. The number of esters is 1. The van der Waals surface area contributed by atoms with Gasteiger partial charge < -0.3 is 19.7 Å². The van der Waals surface area contributed by atoms with Crippen LogP contribution in [0.25, 0.3) is 5.69 Å². The minimum atomic E-state index is -4.80. The molecule has 2 aliphatic heterocycles. The number of nitrogens with zero attached hydrogens (tertiary/aromatic N) is 2.